The lowest BCUT2D eigenvalue weighted by molar-refractivity contribution is -0.109. The van der Waals surface area contributed by atoms with E-state index in [9.17, 15) is 9.36 Å². The van der Waals surface area contributed by atoms with E-state index < -0.39 is 7.82 Å². The number of nitrogens with zero attached hydrogens (tertiary/aromatic N) is 1. The molecule has 2 unspecified atom stereocenters. The zero-order valence-electron chi connectivity index (χ0n) is 13.7. The van der Waals surface area contributed by atoms with Crippen LogP contribution in [0.4, 0.5) is 0 Å². The molecule has 0 fully saturated rings. The Morgan fingerprint density at radius 1 is 1.29 bits per heavy atom. The van der Waals surface area contributed by atoms with Gasteiger partial charge in [0.15, 0.2) is 5.12 Å². The van der Waals surface area contributed by atoms with Crippen molar-refractivity contribution < 1.29 is 22.9 Å². The van der Waals surface area contributed by atoms with Crippen molar-refractivity contribution in [3.05, 3.63) is 0 Å². The maximum Gasteiger partial charge on any atom is 0.474 e. The van der Waals surface area contributed by atoms with Crippen LogP contribution in [0, 0.1) is 0 Å². The Morgan fingerprint density at radius 2 is 1.90 bits per heavy atom. The Morgan fingerprint density at radius 3 is 2.33 bits per heavy atom. The molecule has 0 aliphatic rings. The second kappa shape index (κ2) is 11.6. The van der Waals surface area contributed by atoms with Crippen LogP contribution in [0.1, 0.15) is 34.1 Å². The van der Waals surface area contributed by atoms with Crippen molar-refractivity contribution in [2.45, 2.75) is 40.2 Å². The van der Waals surface area contributed by atoms with Gasteiger partial charge in [0.1, 0.15) is 0 Å². The molecule has 0 rings (SSSR count). The third-order valence-corrected chi connectivity index (χ3v) is 5.23. The molecule has 126 valence electrons. The van der Waals surface area contributed by atoms with E-state index in [4.69, 9.17) is 13.6 Å². The molecule has 0 aromatic heterocycles. The predicted molar refractivity (Wildman–Crippen MR) is 86.7 cm³/mol. The second-order valence-corrected chi connectivity index (χ2v) is 7.43. The summed E-state index contributed by atoms with van der Waals surface area (Å²) in [4.78, 5) is 13.0. The molecular formula is C13H28NO5PS. The van der Waals surface area contributed by atoms with Gasteiger partial charge < -0.3 is 4.90 Å². The Kier molecular flexibility index (Phi) is 11.7. The molecule has 0 aromatic rings. The predicted octanol–water partition coefficient (Wildman–Crippen LogP) is 3.17. The largest absolute Gasteiger partial charge is 0.474 e. The lowest BCUT2D eigenvalue weighted by Crippen LogP contribution is -2.33. The quantitative estimate of drug-likeness (QED) is 0.399. The summed E-state index contributed by atoms with van der Waals surface area (Å²) in [5.74, 6) is 0.429. The molecule has 21 heavy (non-hydrogen) atoms. The van der Waals surface area contributed by atoms with E-state index in [0.29, 0.717) is 12.3 Å². The van der Waals surface area contributed by atoms with Crippen molar-refractivity contribution in [1.29, 1.82) is 0 Å². The van der Waals surface area contributed by atoms with Crippen molar-refractivity contribution in [3.63, 3.8) is 0 Å². The summed E-state index contributed by atoms with van der Waals surface area (Å²) in [6, 6.07) is 0. The van der Waals surface area contributed by atoms with Gasteiger partial charge in [-0.25, -0.2) is 4.57 Å². The number of likely N-dealkylation sites (N-methyl/N-ethyl adjacent to an activating group) is 1. The fraction of sp³-hybridized carbons (Fsp3) is 0.923. The molecule has 0 heterocycles. The van der Waals surface area contributed by atoms with E-state index in [0.717, 1.165) is 31.3 Å². The molecule has 0 amide bonds. The van der Waals surface area contributed by atoms with Crippen LogP contribution < -0.4 is 0 Å². The van der Waals surface area contributed by atoms with Gasteiger partial charge >= 0.3 is 7.82 Å². The highest BCUT2D eigenvalue weighted by atomic mass is 32.2. The van der Waals surface area contributed by atoms with E-state index in [2.05, 4.69) is 18.7 Å². The SMILES string of the molecule is CCC(CN(CC)CC)OP(=O)(OC)OCCSC(C)=O. The van der Waals surface area contributed by atoms with Crippen LogP contribution in [0.5, 0.6) is 0 Å². The van der Waals surface area contributed by atoms with Gasteiger partial charge in [-0.2, -0.15) is 0 Å². The lowest BCUT2D eigenvalue weighted by atomic mass is 10.2. The van der Waals surface area contributed by atoms with Crippen LogP contribution in [0.25, 0.3) is 0 Å². The zero-order chi connectivity index (χ0) is 16.3. The number of hydrogen-bond donors (Lipinski definition) is 0. The number of carbonyl (C=O) groups is 1. The van der Waals surface area contributed by atoms with Gasteiger partial charge in [0.2, 0.25) is 0 Å². The van der Waals surface area contributed by atoms with E-state index in [1.54, 1.807) is 0 Å². The van der Waals surface area contributed by atoms with E-state index in [1.165, 1.54) is 14.0 Å². The first-order valence-corrected chi connectivity index (χ1v) is 9.69. The summed E-state index contributed by atoms with van der Waals surface area (Å²) in [5.41, 5.74) is 0. The topological polar surface area (TPSA) is 65.1 Å². The molecule has 6 nitrogen and oxygen atoms in total. The van der Waals surface area contributed by atoms with Crippen molar-refractivity contribution in [3.8, 4) is 0 Å². The van der Waals surface area contributed by atoms with Gasteiger partial charge in [-0.05, 0) is 19.5 Å². The Balaban J connectivity index is 4.40. The molecule has 0 radical (unpaired) electrons. The van der Waals surface area contributed by atoms with E-state index in [-0.39, 0.29) is 17.8 Å². The number of rotatable bonds is 12. The van der Waals surface area contributed by atoms with Gasteiger partial charge in [0.05, 0.1) is 12.7 Å². The third-order valence-electron chi connectivity index (χ3n) is 2.95. The minimum atomic E-state index is -3.56. The minimum Gasteiger partial charge on any atom is -0.301 e. The normalized spacial score (nSPS) is 15.9. The van der Waals surface area contributed by atoms with Gasteiger partial charge in [-0.1, -0.05) is 32.5 Å². The van der Waals surface area contributed by atoms with Crippen molar-refractivity contribution in [2.75, 3.05) is 39.1 Å². The van der Waals surface area contributed by atoms with Crippen molar-refractivity contribution in [1.82, 2.24) is 4.90 Å². The van der Waals surface area contributed by atoms with E-state index in [1.807, 2.05) is 6.92 Å². The molecule has 2 atom stereocenters. The third kappa shape index (κ3) is 9.66. The Bertz CT molecular complexity index is 339. The first kappa shape index (κ1) is 21.1. The summed E-state index contributed by atoms with van der Waals surface area (Å²) in [6.07, 6.45) is 0.506. The second-order valence-electron chi connectivity index (χ2n) is 4.42. The molecule has 0 aliphatic heterocycles. The highest BCUT2D eigenvalue weighted by Gasteiger charge is 2.29. The first-order valence-electron chi connectivity index (χ1n) is 7.25. The summed E-state index contributed by atoms with van der Waals surface area (Å²) in [5, 5.41) is -0.000245. The van der Waals surface area contributed by atoms with Crippen LogP contribution >= 0.6 is 19.6 Å². The fourth-order valence-corrected chi connectivity index (χ4v) is 3.38. The summed E-state index contributed by atoms with van der Waals surface area (Å²) >= 11 is 1.12. The van der Waals surface area contributed by atoms with Crippen molar-refractivity contribution >= 4 is 24.7 Å². The molecule has 0 saturated carbocycles. The maximum atomic E-state index is 12.4. The number of phosphoric acid groups is 1. The summed E-state index contributed by atoms with van der Waals surface area (Å²) in [7, 11) is -2.25. The minimum absolute atomic E-state index is 0.000245. The van der Waals surface area contributed by atoms with Gasteiger partial charge in [-0.15, -0.1) is 0 Å². The number of phosphoric ester groups is 1. The van der Waals surface area contributed by atoms with Crippen LogP contribution in [-0.4, -0.2) is 55.2 Å². The molecule has 0 saturated heterocycles. The Hall–Kier alpha value is 0.0900. The summed E-state index contributed by atoms with van der Waals surface area (Å²) < 4.78 is 28.1. The van der Waals surface area contributed by atoms with Crippen LogP contribution in [0.15, 0.2) is 0 Å². The van der Waals surface area contributed by atoms with E-state index >= 15 is 0 Å². The molecule has 0 bridgehead atoms. The zero-order valence-corrected chi connectivity index (χ0v) is 15.4. The molecule has 8 heteroatoms. The average Bonchev–Trinajstić information content (AvgIpc) is 2.47. The fourth-order valence-electron chi connectivity index (χ4n) is 1.65. The number of hydrogen-bond acceptors (Lipinski definition) is 7. The molecule has 0 spiro atoms. The monoisotopic (exact) mass is 341 g/mol. The van der Waals surface area contributed by atoms with Crippen LogP contribution in [-0.2, 0) is 22.9 Å². The first-order chi connectivity index (χ1) is 9.90. The molecule has 0 N–H and O–H groups in total. The van der Waals surface area contributed by atoms with Gasteiger partial charge in [0, 0.05) is 26.3 Å². The highest BCUT2D eigenvalue weighted by molar-refractivity contribution is 8.13. The van der Waals surface area contributed by atoms with Gasteiger partial charge in [0.25, 0.3) is 0 Å². The van der Waals surface area contributed by atoms with Gasteiger partial charge in [-0.3, -0.25) is 18.4 Å². The standard InChI is InChI=1S/C13H28NO5PS/c1-6-13(11-14(7-2)8-3)19-20(16,17-5)18-9-10-21-12(4)15/h13H,6-11H2,1-5H3. The number of carbonyl (C=O) groups excluding carboxylic acids is 1. The van der Waals surface area contributed by atoms with Crippen LogP contribution in [0.2, 0.25) is 0 Å². The molecule has 0 aliphatic carbocycles. The molecule has 0 aromatic carbocycles. The average molecular weight is 341 g/mol. The Labute approximate surface area is 132 Å². The smallest absolute Gasteiger partial charge is 0.301 e. The number of thioether (sulfide) groups is 1. The highest BCUT2D eigenvalue weighted by Crippen LogP contribution is 2.50. The van der Waals surface area contributed by atoms with Crippen molar-refractivity contribution in [2.24, 2.45) is 0 Å². The lowest BCUT2D eigenvalue weighted by Gasteiger charge is -2.27. The maximum absolute atomic E-state index is 12.4. The summed E-state index contributed by atoms with van der Waals surface area (Å²) in [6.45, 7) is 10.2. The molecular weight excluding hydrogens is 313 g/mol. The van der Waals surface area contributed by atoms with Crippen LogP contribution in [0.3, 0.4) is 0 Å².